The number of nitrogens with one attached hydrogen (secondary N) is 1. The van der Waals surface area contributed by atoms with Gasteiger partial charge in [0.1, 0.15) is 5.70 Å². The van der Waals surface area contributed by atoms with E-state index < -0.39 is 5.97 Å². The molecule has 5 rings (SSSR count). The van der Waals surface area contributed by atoms with Crippen LogP contribution in [0.15, 0.2) is 36.0 Å². The summed E-state index contributed by atoms with van der Waals surface area (Å²) in [4.78, 5) is 37.1. The van der Waals surface area contributed by atoms with Crippen LogP contribution in [-0.2, 0) is 19.1 Å². The molecule has 0 heterocycles. The summed E-state index contributed by atoms with van der Waals surface area (Å²) in [6.45, 7) is 1.13. The van der Waals surface area contributed by atoms with Crippen molar-refractivity contribution in [3.8, 4) is 0 Å². The maximum Gasteiger partial charge on any atom is 0.355 e. The highest BCUT2D eigenvalue weighted by Gasteiger charge is 2.54. The average Bonchev–Trinajstić information content (AvgIpc) is 2.64. The van der Waals surface area contributed by atoms with Crippen molar-refractivity contribution < 1.29 is 19.1 Å². The molecular weight excluding hydrogens is 354 g/mol. The van der Waals surface area contributed by atoms with E-state index >= 15 is 0 Å². The number of hydrogen-bond donors (Lipinski definition) is 1. The molecule has 0 aliphatic heterocycles. The number of esters is 1. The quantitative estimate of drug-likeness (QED) is 0.605. The number of amides is 1. The standard InChI is InChI=1S/C23H27NO4/c1-15(25)24-20(10-16-5-3-2-4-6-16)22(27)28-14-21(26)23-11-17-7-18(12-23)9-19(8-17)13-23/h2-6,10,17-19H,7-9,11-14H2,1H3,(H,24,25)/b20-10+. The molecule has 5 nitrogen and oxygen atoms in total. The van der Waals surface area contributed by atoms with Gasteiger partial charge in [-0.15, -0.1) is 0 Å². The van der Waals surface area contributed by atoms with E-state index in [0.717, 1.165) is 24.8 Å². The number of carbonyl (C=O) groups excluding carboxylic acids is 3. The van der Waals surface area contributed by atoms with E-state index in [9.17, 15) is 14.4 Å². The molecular formula is C23H27NO4. The Morgan fingerprint density at radius 2 is 1.61 bits per heavy atom. The van der Waals surface area contributed by atoms with Gasteiger partial charge >= 0.3 is 5.97 Å². The smallest absolute Gasteiger partial charge is 0.355 e. The van der Waals surface area contributed by atoms with Crippen molar-refractivity contribution in [2.75, 3.05) is 6.61 Å². The van der Waals surface area contributed by atoms with Crippen LogP contribution in [0.1, 0.15) is 51.0 Å². The van der Waals surface area contributed by atoms with Gasteiger partial charge < -0.3 is 10.1 Å². The van der Waals surface area contributed by atoms with Crippen LogP contribution in [0.3, 0.4) is 0 Å². The molecule has 1 amide bonds. The largest absolute Gasteiger partial charge is 0.453 e. The van der Waals surface area contributed by atoms with Gasteiger partial charge in [0.2, 0.25) is 5.91 Å². The lowest BCUT2D eigenvalue weighted by Crippen LogP contribution is -2.51. The van der Waals surface area contributed by atoms with Crippen LogP contribution in [0.2, 0.25) is 0 Å². The second-order valence-corrected chi connectivity index (χ2v) is 8.85. The van der Waals surface area contributed by atoms with E-state index in [-0.39, 0.29) is 29.4 Å². The molecule has 0 unspecified atom stereocenters. The van der Waals surface area contributed by atoms with Crippen LogP contribution in [0, 0.1) is 23.2 Å². The first-order valence-electron chi connectivity index (χ1n) is 10.2. The molecule has 0 radical (unpaired) electrons. The first kappa shape index (κ1) is 18.9. The van der Waals surface area contributed by atoms with E-state index in [1.807, 2.05) is 30.3 Å². The fraction of sp³-hybridized carbons (Fsp3) is 0.522. The Labute approximate surface area is 165 Å². The Morgan fingerprint density at radius 3 is 2.14 bits per heavy atom. The monoisotopic (exact) mass is 381 g/mol. The van der Waals surface area contributed by atoms with Crippen molar-refractivity contribution in [3.05, 3.63) is 41.6 Å². The molecule has 4 aliphatic carbocycles. The summed E-state index contributed by atoms with van der Waals surface area (Å²) in [5.74, 6) is 1.03. The van der Waals surface area contributed by atoms with Gasteiger partial charge in [-0.2, -0.15) is 0 Å². The predicted octanol–water partition coefficient (Wildman–Crippen LogP) is 3.49. The summed E-state index contributed by atoms with van der Waals surface area (Å²) >= 11 is 0. The number of benzene rings is 1. The van der Waals surface area contributed by atoms with Gasteiger partial charge in [-0.3, -0.25) is 9.59 Å². The minimum atomic E-state index is -0.669. The molecule has 28 heavy (non-hydrogen) atoms. The topological polar surface area (TPSA) is 72.5 Å². The van der Waals surface area contributed by atoms with Crippen LogP contribution in [0.5, 0.6) is 0 Å². The maximum absolute atomic E-state index is 13.0. The van der Waals surface area contributed by atoms with E-state index in [1.165, 1.54) is 26.2 Å². The van der Waals surface area contributed by atoms with E-state index in [4.69, 9.17) is 4.74 Å². The van der Waals surface area contributed by atoms with Gasteiger partial charge in [0.25, 0.3) is 0 Å². The third-order valence-electron chi connectivity index (χ3n) is 6.61. The zero-order valence-electron chi connectivity index (χ0n) is 16.3. The second kappa shape index (κ2) is 7.53. The highest BCUT2D eigenvalue weighted by atomic mass is 16.5. The number of ether oxygens (including phenoxy) is 1. The van der Waals surface area contributed by atoms with E-state index in [2.05, 4.69) is 5.32 Å². The molecule has 1 aromatic carbocycles. The zero-order chi connectivity index (χ0) is 19.7. The lowest BCUT2D eigenvalue weighted by molar-refractivity contribution is -0.155. The number of ketones is 1. The number of Topliss-reactive ketones (excluding diaryl/α,β-unsaturated/α-hetero) is 1. The third kappa shape index (κ3) is 3.89. The molecule has 4 saturated carbocycles. The van der Waals surface area contributed by atoms with Gasteiger partial charge in [-0.1, -0.05) is 30.3 Å². The summed E-state index contributed by atoms with van der Waals surface area (Å²) in [6, 6.07) is 9.22. The van der Waals surface area contributed by atoms with Crippen LogP contribution in [-0.4, -0.2) is 24.3 Å². The van der Waals surface area contributed by atoms with E-state index in [1.54, 1.807) is 6.08 Å². The Bertz CT molecular complexity index is 776. The second-order valence-electron chi connectivity index (χ2n) is 8.85. The van der Waals surface area contributed by atoms with E-state index in [0.29, 0.717) is 17.8 Å². The fourth-order valence-corrected chi connectivity index (χ4v) is 5.87. The van der Waals surface area contributed by atoms with Crippen LogP contribution >= 0.6 is 0 Å². The molecule has 148 valence electrons. The number of rotatable bonds is 6. The molecule has 0 saturated heterocycles. The van der Waals surface area contributed by atoms with Crippen LogP contribution < -0.4 is 5.32 Å². The molecule has 4 fully saturated rings. The number of hydrogen-bond acceptors (Lipinski definition) is 4. The molecule has 0 spiro atoms. The third-order valence-corrected chi connectivity index (χ3v) is 6.61. The molecule has 4 bridgehead atoms. The highest BCUT2D eigenvalue weighted by molar-refractivity contribution is 5.99. The van der Waals surface area contributed by atoms with Crippen molar-refractivity contribution in [1.29, 1.82) is 0 Å². The van der Waals surface area contributed by atoms with Crippen LogP contribution in [0.4, 0.5) is 0 Å². The van der Waals surface area contributed by atoms with Crippen molar-refractivity contribution in [2.24, 2.45) is 23.2 Å². The SMILES string of the molecule is CC(=O)N/C(=C/c1ccccc1)C(=O)OCC(=O)C12CC3CC(CC(C3)C1)C2. The predicted molar refractivity (Wildman–Crippen MR) is 105 cm³/mol. The first-order valence-corrected chi connectivity index (χ1v) is 10.2. The zero-order valence-corrected chi connectivity index (χ0v) is 16.3. The Hall–Kier alpha value is -2.43. The van der Waals surface area contributed by atoms with Gasteiger partial charge in [-0.05, 0) is 67.9 Å². The number of carbonyl (C=O) groups is 3. The van der Waals surface area contributed by atoms with Crippen molar-refractivity contribution >= 4 is 23.7 Å². The molecule has 1 N–H and O–H groups in total. The average molecular weight is 381 g/mol. The van der Waals surface area contributed by atoms with Gasteiger partial charge in [0, 0.05) is 12.3 Å². The van der Waals surface area contributed by atoms with Crippen molar-refractivity contribution in [1.82, 2.24) is 5.32 Å². The van der Waals surface area contributed by atoms with Crippen molar-refractivity contribution in [3.63, 3.8) is 0 Å². The minimum absolute atomic E-state index is 0.0528. The van der Waals surface area contributed by atoms with Gasteiger partial charge in [0.15, 0.2) is 12.4 Å². The van der Waals surface area contributed by atoms with Crippen molar-refractivity contribution in [2.45, 2.75) is 45.4 Å². The fourth-order valence-electron chi connectivity index (χ4n) is 5.87. The summed E-state index contributed by atoms with van der Waals surface area (Å²) < 4.78 is 5.36. The Kier molecular flexibility index (Phi) is 5.09. The summed E-state index contributed by atoms with van der Waals surface area (Å²) in [7, 11) is 0. The molecule has 0 aromatic heterocycles. The normalized spacial score (nSPS) is 30.8. The maximum atomic E-state index is 13.0. The molecule has 4 aliphatic rings. The Morgan fingerprint density at radius 1 is 1.04 bits per heavy atom. The summed E-state index contributed by atoms with van der Waals surface area (Å²) in [5.41, 5.74) is 0.541. The molecule has 0 atom stereocenters. The molecule has 1 aromatic rings. The Balaban J connectivity index is 1.43. The lowest BCUT2D eigenvalue weighted by Gasteiger charge is -2.55. The lowest BCUT2D eigenvalue weighted by atomic mass is 9.48. The summed E-state index contributed by atoms with van der Waals surface area (Å²) in [6.07, 6.45) is 8.21. The first-order chi connectivity index (χ1) is 13.4. The highest BCUT2D eigenvalue weighted by Crippen LogP contribution is 2.60. The van der Waals surface area contributed by atoms with Gasteiger partial charge in [0.05, 0.1) is 0 Å². The minimum Gasteiger partial charge on any atom is -0.453 e. The van der Waals surface area contributed by atoms with Crippen LogP contribution in [0.25, 0.3) is 6.08 Å². The summed E-state index contributed by atoms with van der Waals surface area (Å²) in [5, 5.41) is 2.52. The van der Waals surface area contributed by atoms with Gasteiger partial charge in [-0.25, -0.2) is 4.79 Å². The molecule has 5 heteroatoms.